The van der Waals surface area contributed by atoms with E-state index in [2.05, 4.69) is 0 Å². The Balaban J connectivity index is 1.99. The highest BCUT2D eigenvalue weighted by Crippen LogP contribution is 2.37. The van der Waals surface area contributed by atoms with E-state index in [4.69, 9.17) is 0 Å². The van der Waals surface area contributed by atoms with Gasteiger partial charge < -0.3 is 10.2 Å². The molecular weight excluding hydrogens is 378 g/mol. The maximum absolute atomic E-state index is 13.2. The van der Waals surface area contributed by atoms with Crippen LogP contribution >= 0.6 is 0 Å². The number of nitrogens with zero attached hydrogens (tertiary/aromatic N) is 1. The molecule has 150 valence electrons. The second-order valence-corrected chi connectivity index (χ2v) is 9.53. The van der Waals surface area contributed by atoms with Crippen LogP contribution in [0.2, 0.25) is 0 Å². The van der Waals surface area contributed by atoms with E-state index in [0.717, 1.165) is 16.7 Å². The zero-order valence-electron chi connectivity index (χ0n) is 16.0. The van der Waals surface area contributed by atoms with Crippen molar-refractivity contribution in [3.63, 3.8) is 0 Å². The van der Waals surface area contributed by atoms with E-state index >= 15 is 0 Å². The van der Waals surface area contributed by atoms with Crippen LogP contribution in [0.15, 0.2) is 53.4 Å². The van der Waals surface area contributed by atoms with Crippen LogP contribution in [0.1, 0.15) is 23.1 Å². The summed E-state index contributed by atoms with van der Waals surface area (Å²) in [7, 11) is -3.87. The first-order valence-electron chi connectivity index (χ1n) is 9.19. The lowest BCUT2D eigenvalue weighted by Gasteiger charge is -2.42. The molecule has 1 saturated heterocycles. The van der Waals surface area contributed by atoms with E-state index in [1.807, 2.05) is 26.0 Å². The Morgan fingerprint density at radius 2 is 1.75 bits per heavy atom. The molecule has 0 unspecified atom stereocenters. The summed E-state index contributed by atoms with van der Waals surface area (Å²) in [5, 5.41) is 20.6. The maximum Gasteiger partial charge on any atom is 0.313 e. The number of carbonyl (C=O) groups is 1. The Bertz CT molecular complexity index is 953. The van der Waals surface area contributed by atoms with E-state index in [9.17, 15) is 23.4 Å². The van der Waals surface area contributed by atoms with Crippen molar-refractivity contribution in [2.45, 2.75) is 37.7 Å². The molecule has 0 saturated carbocycles. The monoisotopic (exact) mass is 403 g/mol. The standard InChI is InChI=1S/C21H25NO5S/c1-15-10-16(2)12-18(11-15)28(26,27)22-9-8-19(23)21(14-22,20(24)25)13-17-6-4-3-5-7-17/h3-7,10-12,19,23H,8-9,13-14H2,1-2H3,(H,24,25)/t19-,21-/m1/s1. The predicted molar refractivity (Wildman–Crippen MR) is 106 cm³/mol. The van der Waals surface area contributed by atoms with Crippen LogP contribution in [-0.4, -0.2) is 48.1 Å². The largest absolute Gasteiger partial charge is 0.481 e. The molecule has 1 fully saturated rings. The van der Waals surface area contributed by atoms with Crippen LogP contribution in [-0.2, 0) is 21.2 Å². The van der Waals surface area contributed by atoms with E-state index < -0.39 is 27.5 Å². The molecule has 0 spiro atoms. The van der Waals surface area contributed by atoms with Gasteiger partial charge in [-0.2, -0.15) is 4.31 Å². The molecule has 0 amide bonds. The van der Waals surface area contributed by atoms with Crippen LogP contribution in [0.25, 0.3) is 0 Å². The second kappa shape index (κ2) is 7.66. The van der Waals surface area contributed by atoms with Gasteiger partial charge in [0, 0.05) is 13.1 Å². The summed E-state index contributed by atoms with van der Waals surface area (Å²) in [5.74, 6) is -1.19. The molecule has 0 radical (unpaired) electrons. The number of hydrogen-bond acceptors (Lipinski definition) is 4. The lowest BCUT2D eigenvalue weighted by Crippen LogP contribution is -2.58. The number of aryl methyl sites for hydroxylation is 2. The molecule has 6 nitrogen and oxygen atoms in total. The molecule has 7 heteroatoms. The fourth-order valence-corrected chi connectivity index (χ4v) is 5.61. The number of hydrogen-bond donors (Lipinski definition) is 2. The van der Waals surface area contributed by atoms with Crippen molar-refractivity contribution < 1.29 is 23.4 Å². The molecule has 0 aromatic heterocycles. The van der Waals surface area contributed by atoms with Crippen LogP contribution in [0.3, 0.4) is 0 Å². The highest BCUT2D eigenvalue weighted by Gasteiger charge is 2.51. The van der Waals surface area contributed by atoms with E-state index in [1.165, 1.54) is 4.31 Å². The lowest BCUT2D eigenvalue weighted by atomic mass is 9.73. The van der Waals surface area contributed by atoms with Crippen molar-refractivity contribution in [3.05, 3.63) is 65.2 Å². The number of benzene rings is 2. The summed E-state index contributed by atoms with van der Waals surface area (Å²) in [4.78, 5) is 12.4. The van der Waals surface area contributed by atoms with Crippen molar-refractivity contribution >= 4 is 16.0 Å². The summed E-state index contributed by atoms with van der Waals surface area (Å²) in [6, 6.07) is 14.1. The number of aliphatic hydroxyl groups excluding tert-OH is 1. The third-order valence-electron chi connectivity index (χ3n) is 5.37. The van der Waals surface area contributed by atoms with Crippen molar-refractivity contribution in [2.24, 2.45) is 5.41 Å². The van der Waals surface area contributed by atoms with E-state index in [-0.39, 0.29) is 30.8 Å². The fraction of sp³-hybridized carbons (Fsp3) is 0.381. The predicted octanol–water partition coefficient (Wildman–Crippen LogP) is 2.37. The minimum absolute atomic E-state index is 0.0587. The Hall–Kier alpha value is -2.22. The quantitative estimate of drug-likeness (QED) is 0.799. The maximum atomic E-state index is 13.2. The molecule has 0 aliphatic carbocycles. The molecule has 1 heterocycles. The molecule has 2 aromatic carbocycles. The Morgan fingerprint density at radius 1 is 1.14 bits per heavy atom. The Labute approximate surface area is 165 Å². The van der Waals surface area contributed by atoms with Gasteiger partial charge in [0.25, 0.3) is 0 Å². The number of carboxylic acids is 1. The van der Waals surface area contributed by atoms with Gasteiger partial charge >= 0.3 is 5.97 Å². The summed E-state index contributed by atoms with van der Waals surface area (Å²) in [6.07, 6.45) is -0.997. The minimum atomic E-state index is -3.87. The molecule has 28 heavy (non-hydrogen) atoms. The average molecular weight is 404 g/mol. The van der Waals surface area contributed by atoms with Gasteiger partial charge in [0.05, 0.1) is 11.0 Å². The first-order chi connectivity index (χ1) is 13.1. The number of piperidine rings is 1. The van der Waals surface area contributed by atoms with Crippen molar-refractivity contribution in [3.8, 4) is 0 Å². The fourth-order valence-electron chi connectivity index (χ4n) is 3.90. The molecule has 1 aliphatic heterocycles. The van der Waals surface area contributed by atoms with Crippen LogP contribution in [0.4, 0.5) is 0 Å². The first-order valence-corrected chi connectivity index (χ1v) is 10.6. The van der Waals surface area contributed by atoms with Crippen LogP contribution in [0, 0.1) is 19.3 Å². The van der Waals surface area contributed by atoms with Gasteiger partial charge in [0.15, 0.2) is 0 Å². The first kappa shape index (κ1) is 20.5. The third kappa shape index (κ3) is 3.83. The minimum Gasteiger partial charge on any atom is -0.481 e. The molecule has 3 rings (SSSR count). The van der Waals surface area contributed by atoms with E-state index in [1.54, 1.807) is 36.4 Å². The second-order valence-electron chi connectivity index (χ2n) is 7.59. The molecule has 2 aromatic rings. The highest BCUT2D eigenvalue weighted by atomic mass is 32.2. The molecular formula is C21H25NO5S. The number of aliphatic carboxylic acids is 1. The SMILES string of the molecule is Cc1cc(C)cc(S(=O)(=O)N2CC[C@@H](O)[C@](Cc3ccccc3)(C(=O)O)C2)c1. The summed E-state index contributed by atoms with van der Waals surface area (Å²) >= 11 is 0. The number of aliphatic hydroxyl groups is 1. The average Bonchev–Trinajstić information content (AvgIpc) is 2.63. The van der Waals surface area contributed by atoms with E-state index in [0.29, 0.717) is 0 Å². The smallest absolute Gasteiger partial charge is 0.313 e. The van der Waals surface area contributed by atoms with Gasteiger partial charge in [0.1, 0.15) is 5.41 Å². The van der Waals surface area contributed by atoms with Gasteiger partial charge in [-0.25, -0.2) is 8.42 Å². The summed E-state index contributed by atoms with van der Waals surface area (Å²) < 4.78 is 27.6. The zero-order chi connectivity index (χ0) is 20.5. The zero-order valence-corrected chi connectivity index (χ0v) is 16.8. The molecule has 2 N–H and O–H groups in total. The topological polar surface area (TPSA) is 94.9 Å². The van der Waals surface area contributed by atoms with Gasteiger partial charge in [0.2, 0.25) is 10.0 Å². The normalized spacial score (nSPS) is 23.5. The number of sulfonamides is 1. The Kier molecular flexibility index (Phi) is 5.61. The third-order valence-corrected chi connectivity index (χ3v) is 7.19. The van der Waals surface area contributed by atoms with Gasteiger partial charge in [-0.15, -0.1) is 0 Å². The van der Waals surface area contributed by atoms with Crippen molar-refractivity contribution in [2.75, 3.05) is 13.1 Å². The Morgan fingerprint density at radius 3 is 2.32 bits per heavy atom. The van der Waals surface area contributed by atoms with Gasteiger partial charge in [-0.1, -0.05) is 36.4 Å². The van der Waals surface area contributed by atoms with Crippen molar-refractivity contribution in [1.29, 1.82) is 0 Å². The summed E-state index contributed by atoms with van der Waals surface area (Å²) in [6.45, 7) is 3.46. The molecule has 0 bridgehead atoms. The number of carboxylic acid groups (broad SMARTS) is 1. The van der Waals surface area contributed by atoms with Crippen molar-refractivity contribution in [1.82, 2.24) is 4.31 Å². The van der Waals surface area contributed by atoms with Crippen LogP contribution in [0.5, 0.6) is 0 Å². The highest BCUT2D eigenvalue weighted by molar-refractivity contribution is 7.89. The summed E-state index contributed by atoms with van der Waals surface area (Å²) in [5.41, 5.74) is 0.800. The molecule has 1 aliphatic rings. The lowest BCUT2D eigenvalue weighted by molar-refractivity contribution is -0.160. The van der Waals surface area contributed by atoms with Gasteiger partial charge in [-0.3, -0.25) is 4.79 Å². The van der Waals surface area contributed by atoms with Gasteiger partial charge in [-0.05, 0) is 55.5 Å². The number of rotatable bonds is 5. The molecule has 2 atom stereocenters. The van der Waals surface area contributed by atoms with Crippen LogP contribution < -0.4 is 0 Å².